The van der Waals surface area contributed by atoms with Crippen molar-refractivity contribution in [3.8, 4) is 0 Å². The zero-order chi connectivity index (χ0) is 16.5. The fourth-order valence-corrected chi connectivity index (χ4v) is 3.65. The average Bonchev–Trinajstić information content (AvgIpc) is 2.61. The molecule has 0 fully saturated rings. The Labute approximate surface area is 143 Å². The summed E-state index contributed by atoms with van der Waals surface area (Å²) in [5.74, 6) is 0. The number of rotatable bonds is 1. The maximum atomic E-state index is 12.6. The minimum absolute atomic E-state index is 0.00591. The summed E-state index contributed by atoms with van der Waals surface area (Å²) in [5.41, 5.74) is 6.24. The molecule has 124 valence electrons. The molecule has 2 aromatic carbocycles. The monoisotopic (exact) mass is 321 g/mol. The van der Waals surface area contributed by atoms with Crippen LogP contribution in [0.4, 0.5) is 10.5 Å². The summed E-state index contributed by atoms with van der Waals surface area (Å²) >= 11 is 0. The summed E-state index contributed by atoms with van der Waals surface area (Å²) in [7, 11) is 2.14. The maximum absolute atomic E-state index is 12.6. The van der Waals surface area contributed by atoms with E-state index in [2.05, 4.69) is 47.6 Å². The van der Waals surface area contributed by atoms with E-state index in [-0.39, 0.29) is 6.03 Å². The highest BCUT2D eigenvalue weighted by atomic mass is 16.2. The zero-order valence-corrected chi connectivity index (χ0v) is 14.1. The van der Waals surface area contributed by atoms with Crippen molar-refractivity contribution in [2.45, 2.75) is 25.9 Å². The first-order valence-electron chi connectivity index (χ1n) is 8.62. The molecule has 24 heavy (non-hydrogen) atoms. The number of nitrogens with one attached hydrogen (secondary N) is 1. The lowest BCUT2D eigenvalue weighted by atomic mass is 9.99. The van der Waals surface area contributed by atoms with Gasteiger partial charge in [-0.1, -0.05) is 30.3 Å². The summed E-state index contributed by atoms with van der Waals surface area (Å²) in [6.07, 6.45) is 2.02. The van der Waals surface area contributed by atoms with Crippen LogP contribution in [0.15, 0.2) is 42.5 Å². The Bertz CT molecular complexity index is 771. The van der Waals surface area contributed by atoms with Crippen LogP contribution in [0.3, 0.4) is 0 Å². The van der Waals surface area contributed by atoms with Gasteiger partial charge in [-0.05, 0) is 54.3 Å². The number of likely N-dealkylation sites (N-methyl/N-ethyl adjacent to an activating group) is 1. The number of hydrogen-bond donors (Lipinski definition) is 1. The first-order chi connectivity index (χ1) is 11.7. The van der Waals surface area contributed by atoms with Gasteiger partial charge in [0, 0.05) is 31.9 Å². The Morgan fingerprint density at radius 2 is 1.67 bits per heavy atom. The van der Waals surface area contributed by atoms with Gasteiger partial charge in [0.25, 0.3) is 0 Å². The van der Waals surface area contributed by atoms with E-state index in [4.69, 9.17) is 0 Å². The van der Waals surface area contributed by atoms with Gasteiger partial charge in [0.1, 0.15) is 0 Å². The standard InChI is InChI=1S/C20H23N3O/c1-22-10-8-16-6-7-19(12-18(16)13-22)21-20(24)23-11-9-15-4-2-3-5-17(15)14-23/h2-7,12H,8-11,13-14H2,1H3,(H,21,24). The van der Waals surface area contributed by atoms with Crippen molar-refractivity contribution in [1.82, 2.24) is 9.80 Å². The second-order valence-electron chi connectivity index (χ2n) is 6.84. The van der Waals surface area contributed by atoms with E-state index in [0.29, 0.717) is 6.54 Å². The molecule has 0 bridgehead atoms. The molecule has 2 heterocycles. The first kappa shape index (κ1) is 15.2. The Balaban J connectivity index is 1.46. The van der Waals surface area contributed by atoms with Crippen molar-refractivity contribution in [3.63, 3.8) is 0 Å². The van der Waals surface area contributed by atoms with E-state index >= 15 is 0 Å². The van der Waals surface area contributed by atoms with E-state index in [0.717, 1.165) is 38.2 Å². The fraction of sp³-hybridized carbons (Fsp3) is 0.350. The van der Waals surface area contributed by atoms with Gasteiger partial charge in [-0.25, -0.2) is 4.79 Å². The highest BCUT2D eigenvalue weighted by Crippen LogP contribution is 2.23. The minimum atomic E-state index is -0.00591. The maximum Gasteiger partial charge on any atom is 0.322 e. The van der Waals surface area contributed by atoms with Gasteiger partial charge in [0.05, 0.1) is 0 Å². The third-order valence-electron chi connectivity index (χ3n) is 5.08. The number of nitrogens with zero attached hydrogens (tertiary/aromatic N) is 2. The van der Waals surface area contributed by atoms with Crippen LogP contribution >= 0.6 is 0 Å². The number of hydrogen-bond acceptors (Lipinski definition) is 2. The molecule has 2 amide bonds. The fourth-order valence-electron chi connectivity index (χ4n) is 3.65. The average molecular weight is 321 g/mol. The van der Waals surface area contributed by atoms with Crippen LogP contribution < -0.4 is 5.32 Å². The van der Waals surface area contributed by atoms with Gasteiger partial charge in [-0.3, -0.25) is 0 Å². The number of amides is 2. The summed E-state index contributed by atoms with van der Waals surface area (Å²) in [6, 6.07) is 14.7. The van der Waals surface area contributed by atoms with Crippen molar-refractivity contribution in [3.05, 3.63) is 64.7 Å². The minimum Gasteiger partial charge on any atom is -0.320 e. The van der Waals surface area contributed by atoms with Crippen LogP contribution in [0.5, 0.6) is 0 Å². The van der Waals surface area contributed by atoms with Crippen LogP contribution in [-0.4, -0.2) is 36.0 Å². The smallest absolute Gasteiger partial charge is 0.320 e. The van der Waals surface area contributed by atoms with Crippen LogP contribution in [-0.2, 0) is 25.9 Å². The molecule has 0 spiro atoms. The van der Waals surface area contributed by atoms with Gasteiger partial charge in [-0.15, -0.1) is 0 Å². The van der Waals surface area contributed by atoms with Gasteiger partial charge in [-0.2, -0.15) is 0 Å². The molecule has 4 rings (SSSR count). The van der Waals surface area contributed by atoms with E-state index < -0.39 is 0 Å². The van der Waals surface area contributed by atoms with Gasteiger partial charge in [0.15, 0.2) is 0 Å². The van der Waals surface area contributed by atoms with E-state index in [9.17, 15) is 4.79 Å². The molecule has 0 aromatic heterocycles. The summed E-state index contributed by atoms with van der Waals surface area (Å²) in [4.78, 5) is 16.8. The number of carbonyl (C=O) groups is 1. The number of benzene rings is 2. The molecule has 0 radical (unpaired) electrons. The lowest BCUT2D eigenvalue weighted by Crippen LogP contribution is -2.38. The molecule has 4 heteroatoms. The predicted molar refractivity (Wildman–Crippen MR) is 96.1 cm³/mol. The lowest BCUT2D eigenvalue weighted by molar-refractivity contribution is 0.206. The topological polar surface area (TPSA) is 35.6 Å². The summed E-state index contributed by atoms with van der Waals surface area (Å²) in [5, 5.41) is 3.08. The molecular formula is C20H23N3O. The molecule has 2 aromatic rings. The van der Waals surface area contributed by atoms with Crippen molar-refractivity contribution < 1.29 is 4.79 Å². The van der Waals surface area contributed by atoms with E-state index in [1.54, 1.807) is 0 Å². The second kappa shape index (κ2) is 6.29. The van der Waals surface area contributed by atoms with E-state index in [1.165, 1.54) is 22.3 Å². The van der Waals surface area contributed by atoms with E-state index in [1.807, 2.05) is 17.0 Å². The predicted octanol–water partition coefficient (Wildman–Crippen LogP) is 3.26. The number of urea groups is 1. The Morgan fingerprint density at radius 3 is 2.54 bits per heavy atom. The highest BCUT2D eigenvalue weighted by Gasteiger charge is 2.21. The third-order valence-corrected chi connectivity index (χ3v) is 5.08. The zero-order valence-electron chi connectivity index (χ0n) is 14.1. The molecule has 0 aliphatic carbocycles. The van der Waals surface area contributed by atoms with Crippen LogP contribution in [0.1, 0.15) is 22.3 Å². The molecule has 0 saturated carbocycles. The number of fused-ring (bicyclic) bond motifs is 2. The van der Waals surface area contributed by atoms with Gasteiger partial charge in [0.2, 0.25) is 0 Å². The number of carbonyl (C=O) groups excluding carboxylic acids is 1. The van der Waals surface area contributed by atoms with Gasteiger partial charge < -0.3 is 15.1 Å². The Morgan fingerprint density at radius 1 is 0.917 bits per heavy atom. The second-order valence-corrected chi connectivity index (χ2v) is 6.84. The molecule has 2 aliphatic rings. The lowest BCUT2D eigenvalue weighted by Gasteiger charge is -2.29. The molecule has 0 atom stereocenters. The van der Waals surface area contributed by atoms with Gasteiger partial charge >= 0.3 is 6.03 Å². The van der Waals surface area contributed by atoms with Crippen molar-refractivity contribution >= 4 is 11.7 Å². The largest absolute Gasteiger partial charge is 0.322 e. The van der Waals surface area contributed by atoms with Crippen molar-refractivity contribution in [2.24, 2.45) is 0 Å². The van der Waals surface area contributed by atoms with Crippen LogP contribution in [0.25, 0.3) is 0 Å². The molecule has 0 unspecified atom stereocenters. The van der Waals surface area contributed by atoms with Crippen LogP contribution in [0.2, 0.25) is 0 Å². The van der Waals surface area contributed by atoms with Crippen molar-refractivity contribution in [1.29, 1.82) is 0 Å². The molecule has 0 saturated heterocycles. The summed E-state index contributed by atoms with van der Waals surface area (Å²) < 4.78 is 0. The quantitative estimate of drug-likeness (QED) is 0.875. The molecule has 1 N–H and O–H groups in total. The van der Waals surface area contributed by atoms with Crippen LogP contribution in [0, 0.1) is 0 Å². The molecule has 4 nitrogen and oxygen atoms in total. The van der Waals surface area contributed by atoms with Crippen molar-refractivity contribution in [2.75, 3.05) is 25.5 Å². The Hall–Kier alpha value is -2.33. The number of anilines is 1. The normalized spacial score (nSPS) is 17.1. The highest BCUT2D eigenvalue weighted by molar-refractivity contribution is 5.89. The SMILES string of the molecule is CN1CCc2ccc(NC(=O)N3CCc4ccccc4C3)cc2C1. The Kier molecular flexibility index (Phi) is 3.98. The first-order valence-corrected chi connectivity index (χ1v) is 8.62. The molecule has 2 aliphatic heterocycles. The third kappa shape index (κ3) is 3.02. The summed E-state index contributed by atoms with van der Waals surface area (Å²) in [6.45, 7) is 3.52. The molecular weight excluding hydrogens is 298 g/mol.